The van der Waals surface area contributed by atoms with Crippen LogP contribution in [-0.4, -0.2) is 28.5 Å². The molecule has 2 heterocycles. The van der Waals surface area contributed by atoms with Crippen LogP contribution in [-0.2, 0) is 9.59 Å². The predicted molar refractivity (Wildman–Crippen MR) is 92.0 cm³/mol. The largest absolute Gasteiger partial charge is 0.322 e. The van der Waals surface area contributed by atoms with Crippen LogP contribution in [0, 0.1) is 5.82 Å². The van der Waals surface area contributed by atoms with Crippen molar-refractivity contribution in [1.29, 1.82) is 0 Å². The number of thioether (sulfide) groups is 1. The van der Waals surface area contributed by atoms with Crippen LogP contribution in [0.5, 0.6) is 0 Å². The van der Waals surface area contributed by atoms with Gasteiger partial charge in [-0.2, -0.15) is 11.3 Å². The second-order valence-corrected chi connectivity index (χ2v) is 6.63. The summed E-state index contributed by atoms with van der Waals surface area (Å²) < 4.78 is 13.5. The smallest absolute Gasteiger partial charge is 0.294 e. The Bertz CT molecular complexity index is 834. The van der Waals surface area contributed by atoms with Crippen molar-refractivity contribution < 1.29 is 18.8 Å². The van der Waals surface area contributed by atoms with E-state index in [-0.39, 0.29) is 10.6 Å². The summed E-state index contributed by atoms with van der Waals surface area (Å²) in [7, 11) is 0. The fourth-order valence-electron chi connectivity index (χ4n) is 2.04. The average Bonchev–Trinajstić information content (AvgIpc) is 3.14. The molecule has 0 radical (unpaired) electrons. The quantitative estimate of drug-likeness (QED) is 0.845. The first-order chi connectivity index (χ1) is 11.5. The van der Waals surface area contributed by atoms with E-state index >= 15 is 0 Å². The molecule has 1 aliphatic heterocycles. The number of para-hydroxylation sites is 1. The van der Waals surface area contributed by atoms with E-state index in [0.29, 0.717) is 0 Å². The fourth-order valence-corrected chi connectivity index (χ4v) is 3.50. The van der Waals surface area contributed by atoms with Crippen LogP contribution in [0.1, 0.15) is 5.56 Å². The zero-order chi connectivity index (χ0) is 17.1. The summed E-state index contributed by atoms with van der Waals surface area (Å²) in [6, 6.07) is 7.50. The highest BCUT2D eigenvalue weighted by Gasteiger charge is 2.36. The third kappa shape index (κ3) is 3.55. The third-order valence-corrected chi connectivity index (χ3v) is 4.77. The molecule has 2 aromatic rings. The van der Waals surface area contributed by atoms with Crippen LogP contribution in [0.3, 0.4) is 0 Å². The molecule has 24 heavy (non-hydrogen) atoms. The van der Waals surface area contributed by atoms with Crippen molar-refractivity contribution in [3.63, 3.8) is 0 Å². The Morgan fingerprint density at radius 3 is 2.75 bits per heavy atom. The van der Waals surface area contributed by atoms with E-state index in [4.69, 9.17) is 0 Å². The van der Waals surface area contributed by atoms with E-state index in [2.05, 4.69) is 5.32 Å². The zero-order valence-electron chi connectivity index (χ0n) is 12.2. The van der Waals surface area contributed by atoms with E-state index in [1.54, 1.807) is 12.1 Å². The van der Waals surface area contributed by atoms with Gasteiger partial charge in [0.1, 0.15) is 12.4 Å². The molecule has 1 aromatic carbocycles. The molecule has 8 heteroatoms. The van der Waals surface area contributed by atoms with E-state index in [1.807, 2.05) is 16.8 Å². The van der Waals surface area contributed by atoms with Gasteiger partial charge in [0, 0.05) is 0 Å². The fraction of sp³-hybridized carbons (Fsp3) is 0.0625. The van der Waals surface area contributed by atoms with Crippen LogP contribution < -0.4 is 5.32 Å². The molecule has 3 amide bonds. The Balaban J connectivity index is 1.69. The second-order valence-electron chi connectivity index (χ2n) is 4.85. The van der Waals surface area contributed by atoms with Gasteiger partial charge in [-0.05, 0) is 52.4 Å². The van der Waals surface area contributed by atoms with E-state index in [1.165, 1.54) is 29.5 Å². The molecule has 0 spiro atoms. The number of halogens is 1. The molecule has 0 bridgehead atoms. The van der Waals surface area contributed by atoms with Crippen molar-refractivity contribution in [3.05, 3.63) is 57.4 Å². The van der Waals surface area contributed by atoms with Crippen molar-refractivity contribution in [2.75, 3.05) is 11.9 Å². The maximum absolute atomic E-state index is 13.5. The Labute approximate surface area is 145 Å². The van der Waals surface area contributed by atoms with Crippen molar-refractivity contribution in [3.8, 4) is 0 Å². The Morgan fingerprint density at radius 2 is 2.04 bits per heavy atom. The minimum absolute atomic E-state index is 0.00304. The second kappa shape index (κ2) is 6.98. The lowest BCUT2D eigenvalue weighted by Gasteiger charge is -2.12. The number of thiophene rings is 1. The minimum atomic E-state index is -0.640. The Hall–Kier alpha value is -2.45. The van der Waals surface area contributed by atoms with Gasteiger partial charge in [0.05, 0.1) is 10.6 Å². The molecule has 0 unspecified atom stereocenters. The number of imide groups is 1. The molecule has 1 N–H and O–H groups in total. The lowest BCUT2D eigenvalue weighted by atomic mass is 10.3. The molecule has 0 atom stereocenters. The van der Waals surface area contributed by atoms with Gasteiger partial charge in [0.25, 0.3) is 11.1 Å². The lowest BCUT2D eigenvalue weighted by Crippen LogP contribution is -2.36. The first-order valence-electron chi connectivity index (χ1n) is 6.86. The van der Waals surface area contributed by atoms with Crippen LogP contribution >= 0.6 is 23.1 Å². The average molecular weight is 362 g/mol. The van der Waals surface area contributed by atoms with Gasteiger partial charge >= 0.3 is 0 Å². The van der Waals surface area contributed by atoms with Gasteiger partial charge in [-0.15, -0.1) is 0 Å². The Morgan fingerprint density at radius 1 is 1.25 bits per heavy atom. The highest BCUT2D eigenvalue weighted by molar-refractivity contribution is 8.18. The van der Waals surface area contributed by atoms with Crippen molar-refractivity contribution in [1.82, 2.24) is 4.90 Å². The summed E-state index contributed by atoms with van der Waals surface area (Å²) in [5.41, 5.74) is 0.824. The van der Waals surface area contributed by atoms with Gasteiger partial charge in [0.2, 0.25) is 5.91 Å². The summed E-state index contributed by atoms with van der Waals surface area (Å²) in [4.78, 5) is 37.3. The Kier molecular flexibility index (Phi) is 4.77. The van der Waals surface area contributed by atoms with Gasteiger partial charge in [-0.1, -0.05) is 12.1 Å². The number of amides is 3. The molecule has 0 saturated carbocycles. The van der Waals surface area contributed by atoms with Crippen LogP contribution in [0.4, 0.5) is 14.9 Å². The van der Waals surface area contributed by atoms with E-state index < -0.39 is 29.4 Å². The number of carbonyl (C=O) groups is 3. The number of anilines is 1. The van der Waals surface area contributed by atoms with E-state index in [0.717, 1.165) is 22.2 Å². The predicted octanol–water partition coefficient (Wildman–Crippen LogP) is 3.56. The summed E-state index contributed by atoms with van der Waals surface area (Å²) >= 11 is 2.26. The SMILES string of the molecule is O=C(CN1C(=O)S/C(=C\c2ccsc2)C1=O)Nc1ccccc1F. The summed E-state index contributed by atoms with van der Waals surface area (Å²) in [5, 5.41) is 5.53. The molecule has 3 rings (SSSR count). The van der Waals surface area contributed by atoms with Gasteiger partial charge in [-0.25, -0.2) is 4.39 Å². The van der Waals surface area contributed by atoms with Gasteiger partial charge in [-0.3, -0.25) is 19.3 Å². The van der Waals surface area contributed by atoms with Gasteiger partial charge in [0.15, 0.2) is 0 Å². The summed E-state index contributed by atoms with van der Waals surface area (Å²) in [5.74, 6) is -1.75. The highest BCUT2D eigenvalue weighted by Crippen LogP contribution is 2.32. The van der Waals surface area contributed by atoms with E-state index in [9.17, 15) is 18.8 Å². The number of nitrogens with zero attached hydrogens (tertiary/aromatic N) is 1. The zero-order valence-corrected chi connectivity index (χ0v) is 13.8. The molecular formula is C16H11FN2O3S2. The molecule has 1 saturated heterocycles. The first kappa shape index (κ1) is 16.4. The number of nitrogens with one attached hydrogen (secondary N) is 1. The maximum Gasteiger partial charge on any atom is 0.294 e. The number of carbonyl (C=O) groups excluding carboxylic acids is 3. The molecule has 1 fully saturated rings. The normalized spacial score (nSPS) is 16.0. The first-order valence-corrected chi connectivity index (χ1v) is 8.62. The third-order valence-electron chi connectivity index (χ3n) is 3.16. The number of benzene rings is 1. The standard InChI is InChI=1S/C16H11FN2O3S2/c17-11-3-1-2-4-12(11)18-14(20)8-19-15(21)13(24-16(19)22)7-10-5-6-23-9-10/h1-7,9H,8H2,(H,18,20)/b13-7-. The van der Waals surface area contributed by atoms with Crippen molar-refractivity contribution in [2.45, 2.75) is 0 Å². The molecule has 1 aliphatic rings. The maximum atomic E-state index is 13.5. The monoisotopic (exact) mass is 362 g/mol. The molecular weight excluding hydrogens is 351 g/mol. The topological polar surface area (TPSA) is 66.5 Å². The molecule has 0 aliphatic carbocycles. The van der Waals surface area contributed by atoms with Gasteiger partial charge < -0.3 is 5.32 Å². The number of hydrogen-bond acceptors (Lipinski definition) is 5. The lowest BCUT2D eigenvalue weighted by molar-refractivity contribution is -0.127. The molecule has 1 aromatic heterocycles. The van der Waals surface area contributed by atoms with Crippen LogP contribution in [0.25, 0.3) is 6.08 Å². The summed E-state index contributed by atoms with van der Waals surface area (Å²) in [6.07, 6.45) is 1.61. The highest BCUT2D eigenvalue weighted by atomic mass is 32.2. The number of hydrogen-bond donors (Lipinski definition) is 1. The molecule has 122 valence electrons. The molecule has 5 nitrogen and oxygen atoms in total. The van der Waals surface area contributed by atoms with Crippen molar-refractivity contribution >= 4 is 51.9 Å². The minimum Gasteiger partial charge on any atom is -0.322 e. The van der Waals surface area contributed by atoms with Crippen LogP contribution in [0.2, 0.25) is 0 Å². The summed E-state index contributed by atoms with van der Waals surface area (Å²) in [6.45, 7) is -0.458. The van der Waals surface area contributed by atoms with Crippen LogP contribution in [0.15, 0.2) is 46.0 Å². The number of rotatable bonds is 4. The van der Waals surface area contributed by atoms with Crippen molar-refractivity contribution in [2.24, 2.45) is 0 Å².